The maximum atomic E-state index is 9.19. The van der Waals surface area contributed by atoms with Crippen molar-refractivity contribution in [3.8, 4) is 17.2 Å². The fourth-order valence-corrected chi connectivity index (χ4v) is 2.32. The zero-order chi connectivity index (χ0) is 13.2. The number of halogens is 1. The van der Waals surface area contributed by atoms with Crippen molar-refractivity contribution in [2.24, 2.45) is 0 Å². The molecule has 1 atom stereocenters. The van der Waals surface area contributed by atoms with E-state index in [0.717, 1.165) is 5.56 Å². The summed E-state index contributed by atoms with van der Waals surface area (Å²) < 4.78 is 11.8. The molecule has 1 aliphatic rings. The number of para-hydroxylation sites is 2. The summed E-state index contributed by atoms with van der Waals surface area (Å²) >= 11 is 6.01. The molecule has 2 aromatic rings. The second kappa shape index (κ2) is 5.11. The highest BCUT2D eigenvalue weighted by atomic mass is 35.5. The van der Waals surface area contributed by atoms with E-state index < -0.39 is 0 Å². The van der Waals surface area contributed by atoms with Gasteiger partial charge in [-0.1, -0.05) is 29.8 Å². The van der Waals surface area contributed by atoms with Crippen molar-refractivity contribution < 1.29 is 14.6 Å². The van der Waals surface area contributed by atoms with E-state index in [4.69, 9.17) is 21.1 Å². The predicted octanol–water partition coefficient (Wildman–Crippen LogP) is 3.95. The van der Waals surface area contributed by atoms with Gasteiger partial charge in [-0.15, -0.1) is 0 Å². The number of fused-ring (bicyclic) bond motifs is 2. The summed E-state index contributed by atoms with van der Waals surface area (Å²) in [6.45, 7) is 0.0505. The van der Waals surface area contributed by atoms with Gasteiger partial charge >= 0.3 is 0 Å². The van der Waals surface area contributed by atoms with Gasteiger partial charge in [-0.3, -0.25) is 0 Å². The van der Waals surface area contributed by atoms with Gasteiger partial charge in [0.25, 0.3) is 0 Å². The van der Waals surface area contributed by atoms with Crippen LogP contribution in [0.5, 0.6) is 17.2 Å². The summed E-state index contributed by atoms with van der Waals surface area (Å²) in [5.41, 5.74) is 0.898. The van der Waals surface area contributed by atoms with Gasteiger partial charge in [0.1, 0.15) is 11.9 Å². The largest absolute Gasteiger partial charge is 0.482 e. The van der Waals surface area contributed by atoms with Crippen molar-refractivity contribution in [3.05, 3.63) is 53.1 Å². The molecule has 0 radical (unpaired) electrons. The van der Waals surface area contributed by atoms with Crippen LogP contribution in [-0.2, 0) is 0 Å². The van der Waals surface area contributed by atoms with Crippen LogP contribution in [0.1, 0.15) is 18.1 Å². The Morgan fingerprint density at radius 3 is 2.63 bits per heavy atom. The number of aliphatic hydroxyl groups excluding tert-OH is 1. The first kappa shape index (κ1) is 12.3. The summed E-state index contributed by atoms with van der Waals surface area (Å²) in [7, 11) is 0. The molecule has 1 heterocycles. The van der Waals surface area contributed by atoms with Gasteiger partial charge in [-0.2, -0.15) is 0 Å². The van der Waals surface area contributed by atoms with E-state index in [9.17, 15) is 5.11 Å². The number of benzene rings is 2. The summed E-state index contributed by atoms with van der Waals surface area (Å²) in [5.74, 6) is 2.01. The molecular formula is C15H13ClO3. The maximum absolute atomic E-state index is 9.19. The topological polar surface area (TPSA) is 38.7 Å². The lowest BCUT2D eigenvalue weighted by Crippen LogP contribution is -2.08. The van der Waals surface area contributed by atoms with Crippen LogP contribution in [0.4, 0.5) is 0 Å². The Bertz CT molecular complexity index is 598. The van der Waals surface area contributed by atoms with E-state index in [1.807, 2.05) is 30.3 Å². The standard InChI is InChI=1S/C15H13ClO3/c16-10-5-6-11-12(7-8-17)18-13-3-1-2-4-14(13)19-15(11)9-10/h1-6,9,12,17H,7-8H2. The first-order valence-electron chi connectivity index (χ1n) is 6.12. The molecule has 0 spiro atoms. The quantitative estimate of drug-likeness (QED) is 0.903. The van der Waals surface area contributed by atoms with E-state index in [-0.39, 0.29) is 12.7 Å². The normalized spacial score (nSPS) is 16.6. The van der Waals surface area contributed by atoms with E-state index >= 15 is 0 Å². The summed E-state index contributed by atoms with van der Waals surface area (Å²) in [6.07, 6.45) is 0.271. The molecule has 0 aromatic heterocycles. The lowest BCUT2D eigenvalue weighted by Gasteiger charge is -2.17. The molecular weight excluding hydrogens is 264 g/mol. The zero-order valence-corrected chi connectivity index (χ0v) is 10.9. The Morgan fingerprint density at radius 1 is 1.05 bits per heavy atom. The Morgan fingerprint density at radius 2 is 1.84 bits per heavy atom. The third-order valence-electron chi connectivity index (χ3n) is 3.05. The second-order valence-corrected chi connectivity index (χ2v) is 4.79. The van der Waals surface area contributed by atoms with Crippen LogP contribution in [0, 0.1) is 0 Å². The molecule has 1 aliphatic heterocycles. The van der Waals surface area contributed by atoms with Gasteiger partial charge < -0.3 is 14.6 Å². The lowest BCUT2D eigenvalue weighted by molar-refractivity contribution is 0.157. The Hall–Kier alpha value is -1.71. The van der Waals surface area contributed by atoms with Gasteiger partial charge in [0, 0.05) is 23.6 Å². The minimum Gasteiger partial charge on any atom is -0.482 e. The van der Waals surface area contributed by atoms with Crippen molar-refractivity contribution in [2.45, 2.75) is 12.5 Å². The first-order valence-corrected chi connectivity index (χ1v) is 6.49. The van der Waals surface area contributed by atoms with Crippen molar-refractivity contribution in [1.82, 2.24) is 0 Å². The van der Waals surface area contributed by atoms with Crippen LogP contribution >= 0.6 is 11.6 Å². The van der Waals surface area contributed by atoms with Crippen LogP contribution < -0.4 is 9.47 Å². The number of hydrogen-bond donors (Lipinski definition) is 1. The fourth-order valence-electron chi connectivity index (χ4n) is 2.16. The molecule has 3 nitrogen and oxygen atoms in total. The van der Waals surface area contributed by atoms with Gasteiger partial charge in [-0.05, 0) is 24.3 Å². The SMILES string of the molecule is OCCC1Oc2ccccc2Oc2cc(Cl)ccc21. The van der Waals surface area contributed by atoms with Crippen LogP contribution in [0.25, 0.3) is 0 Å². The Labute approximate surface area is 116 Å². The second-order valence-electron chi connectivity index (χ2n) is 4.35. The molecule has 0 saturated carbocycles. The minimum absolute atomic E-state index is 0.0505. The third kappa shape index (κ3) is 2.39. The predicted molar refractivity (Wildman–Crippen MR) is 73.0 cm³/mol. The highest BCUT2D eigenvalue weighted by Crippen LogP contribution is 2.43. The molecule has 0 aliphatic carbocycles. The molecule has 1 unspecified atom stereocenters. The van der Waals surface area contributed by atoms with E-state index in [1.54, 1.807) is 12.1 Å². The minimum atomic E-state index is -0.235. The average molecular weight is 277 g/mol. The fraction of sp³-hybridized carbons (Fsp3) is 0.200. The van der Waals surface area contributed by atoms with Crippen LogP contribution in [0.15, 0.2) is 42.5 Å². The molecule has 0 saturated heterocycles. The summed E-state index contributed by atoms with van der Waals surface area (Å²) in [4.78, 5) is 0. The van der Waals surface area contributed by atoms with Gasteiger partial charge in [0.05, 0.1) is 0 Å². The number of ether oxygens (including phenoxy) is 2. The first-order chi connectivity index (χ1) is 9.28. The number of aliphatic hydroxyl groups is 1. The third-order valence-corrected chi connectivity index (χ3v) is 3.29. The van der Waals surface area contributed by atoms with Crippen LogP contribution in [0.3, 0.4) is 0 Å². The molecule has 3 rings (SSSR count). The highest BCUT2D eigenvalue weighted by Gasteiger charge is 2.24. The zero-order valence-electron chi connectivity index (χ0n) is 10.2. The number of rotatable bonds is 2. The van der Waals surface area contributed by atoms with Gasteiger partial charge in [0.2, 0.25) is 0 Å². The highest BCUT2D eigenvalue weighted by molar-refractivity contribution is 6.30. The van der Waals surface area contributed by atoms with E-state index in [2.05, 4.69) is 0 Å². The summed E-state index contributed by atoms with van der Waals surface area (Å²) in [6, 6.07) is 12.9. The van der Waals surface area contributed by atoms with E-state index in [0.29, 0.717) is 28.7 Å². The monoisotopic (exact) mass is 276 g/mol. The molecule has 0 bridgehead atoms. The molecule has 2 aromatic carbocycles. The maximum Gasteiger partial charge on any atom is 0.169 e. The van der Waals surface area contributed by atoms with E-state index in [1.165, 1.54) is 0 Å². The van der Waals surface area contributed by atoms with Gasteiger partial charge in [-0.25, -0.2) is 0 Å². The summed E-state index contributed by atoms with van der Waals surface area (Å²) in [5, 5.41) is 9.80. The Balaban J connectivity index is 2.10. The van der Waals surface area contributed by atoms with Crippen molar-refractivity contribution in [3.63, 3.8) is 0 Å². The van der Waals surface area contributed by atoms with Crippen LogP contribution in [-0.4, -0.2) is 11.7 Å². The molecule has 4 heteroatoms. The molecule has 1 N–H and O–H groups in total. The molecule has 19 heavy (non-hydrogen) atoms. The molecule has 0 fully saturated rings. The Kier molecular flexibility index (Phi) is 3.32. The average Bonchev–Trinajstić information content (AvgIpc) is 2.55. The smallest absolute Gasteiger partial charge is 0.169 e. The van der Waals surface area contributed by atoms with Crippen molar-refractivity contribution in [2.75, 3.05) is 6.61 Å². The lowest BCUT2D eigenvalue weighted by atomic mass is 10.1. The van der Waals surface area contributed by atoms with Crippen molar-refractivity contribution in [1.29, 1.82) is 0 Å². The molecule has 98 valence electrons. The molecule has 0 amide bonds. The van der Waals surface area contributed by atoms with Crippen molar-refractivity contribution >= 4 is 11.6 Å². The van der Waals surface area contributed by atoms with Gasteiger partial charge in [0.15, 0.2) is 11.5 Å². The number of hydrogen-bond acceptors (Lipinski definition) is 3. The van der Waals surface area contributed by atoms with Crippen LogP contribution in [0.2, 0.25) is 5.02 Å².